The zero-order valence-corrected chi connectivity index (χ0v) is 14.1. The molecular weight excluding hydrogens is 292 g/mol. The number of nitrogens with one attached hydrogen (secondary N) is 2. The van der Waals surface area contributed by atoms with Gasteiger partial charge in [0.05, 0.1) is 5.56 Å². The van der Waals surface area contributed by atoms with Gasteiger partial charge in [-0.15, -0.1) is 0 Å². The van der Waals surface area contributed by atoms with Crippen molar-refractivity contribution in [2.24, 2.45) is 5.41 Å². The molecule has 1 aromatic rings. The number of nitrogens with zero attached hydrogens (tertiary/aromatic N) is 2. The third-order valence-corrected chi connectivity index (χ3v) is 3.81. The van der Waals surface area contributed by atoms with Gasteiger partial charge in [0.2, 0.25) is 0 Å². The Balaban J connectivity index is 1.76. The predicted molar refractivity (Wildman–Crippen MR) is 89.2 cm³/mol. The van der Waals surface area contributed by atoms with E-state index in [2.05, 4.69) is 36.4 Å². The first-order valence-corrected chi connectivity index (χ1v) is 8.09. The van der Waals surface area contributed by atoms with Crippen LogP contribution in [0.2, 0.25) is 0 Å². The zero-order valence-electron chi connectivity index (χ0n) is 14.1. The molecule has 126 valence electrons. The molecule has 0 aliphatic carbocycles. The Morgan fingerprint density at radius 3 is 2.57 bits per heavy atom. The number of urea groups is 1. The van der Waals surface area contributed by atoms with Gasteiger partial charge < -0.3 is 15.5 Å². The summed E-state index contributed by atoms with van der Waals surface area (Å²) in [5.41, 5.74) is 0.679. The molecule has 1 aromatic heterocycles. The van der Waals surface area contributed by atoms with Gasteiger partial charge in [0.25, 0.3) is 5.91 Å². The van der Waals surface area contributed by atoms with E-state index in [1.807, 2.05) is 4.90 Å². The van der Waals surface area contributed by atoms with Crippen LogP contribution in [0, 0.1) is 5.41 Å². The van der Waals surface area contributed by atoms with Gasteiger partial charge in [0, 0.05) is 38.1 Å². The highest BCUT2D eigenvalue weighted by Gasteiger charge is 2.24. The van der Waals surface area contributed by atoms with E-state index in [4.69, 9.17) is 0 Å². The molecule has 1 aliphatic rings. The summed E-state index contributed by atoms with van der Waals surface area (Å²) in [6.07, 6.45) is 4.79. The van der Waals surface area contributed by atoms with Crippen molar-refractivity contribution in [3.05, 3.63) is 30.1 Å². The second kappa shape index (κ2) is 7.44. The molecule has 0 saturated carbocycles. The van der Waals surface area contributed by atoms with E-state index in [1.54, 1.807) is 24.5 Å². The second-order valence-corrected chi connectivity index (χ2v) is 7.20. The summed E-state index contributed by atoms with van der Waals surface area (Å²) in [6, 6.07) is 3.53. The van der Waals surface area contributed by atoms with Crippen LogP contribution in [0.4, 0.5) is 4.79 Å². The first-order chi connectivity index (χ1) is 10.8. The molecule has 3 amide bonds. The fourth-order valence-corrected chi connectivity index (χ4v) is 2.48. The minimum atomic E-state index is -0.128. The Kier molecular flexibility index (Phi) is 5.58. The lowest BCUT2D eigenvalue weighted by molar-refractivity contribution is 0.0708. The minimum absolute atomic E-state index is 0.00809. The Morgan fingerprint density at radius 2 is 2.00 bits per heavy atom. The molecule has 2 heterocycles. The number of carbonyl (C=O) groups is 2. The van der Waals surface area contributed by atoms with E-state index in [-0.39, 0.29) is 23.4 Å². The van der Waals surface area contributed by atoms with Crippen molar-refractivity contribution in [2.75, 3.05) is 19.6 Å². The first kappa shape index (κ1) is 17.2. The zero-order chi connectivity index (χ0) is 16.9. The highest BCUT2D eigenvalue weighted by molar-refractivity contribution is 5.93. The maximum atomic E-state index is 12.3. The third kappa shape index (κ3) is 5.54. The number of aromatic nitrogens is 1. The molecule has 0 bridgehead atoms. The average Bonchev–Trinajstić information content (AvgIpc) is 2.53. The number of rotatable bonds is 3. The monoisotopic (exact) mass is 318 g/mol. The van der Waals surface area contributed by atoms with Crippen molar-refractivity contribution >= 4 is 11.9 Å². The van der Waals surface area contributed by atoms with Crippen LogP contribution in [0.1, 0.15) is 44.0 Å². The summed E-state index contributed by atoms with van der Waals surface area (Å²) < 4.78 is 0. The molecule has 6 nitrogen and oxygen atoms in total. The number of hydrogen-bond donors (Lipinski definition) is 2. The molecule has 23 heavy (non-hydrogen) atoms. The van der Waals surface area contributed by atoms with Crippen LogP contribution in [-0.2, 0) is 0 Å². The summed E-state index contributed by atoms with van der Waals surface area (Å²) in [6.45, 7) is 8.18. The molecule has 6 heteroatoms. The Bertz CT molecular complexity index is 531. The van der Waals surface area contributed by atoms with Gasteiger partial charge in [0.15, 0.2) is 0 Å². The van der Waals surface area contributed by atoms with Crippen molar-refractivity contribution in [3.63, 3.8) is 0 Å². The molecule has 0 aromatic carbocycles. The molecule has 2 N–H and O–H groups in total. The number of likely N-dealkylation sites (tertiary alicyclic amines) is 1. The van der Waals surface area contributed by atoms with E-state index in [0.29, 0.717) is 25.2 Å². The Morgan fingerprint density at radius 1 is 1.30 bits per heavy atom. The summed E-state index contributed by atoms with van der Waals surface area (Å²) in [7, 11) is 0. The minimum Gasteiger partial charge on any atom is -0.338 e. The fraction of sp³-hybridized carbons (Fsp3) is 0.588. The fourth-order valence-electron chi connectivity index (χ4n) is 2.48. The lowest BCUT2D eigenvalue weighted by Crippen LogP contribution is -2.50. The van der Waals surface area contributed by atoms with E-state index >= 15 is 0 Å². The van der Waals surface area contributed by atoms with Crippen LogP contribution in [0.3, 0.4) is 0 Å². The molecule has 1 aliphatic heterocycles. The smallest absolute Gasteiger partial charge is 0.315 e. The average molecular weight is 318 g/mol. The number of carbonyl (C=O) groups excluding carboxylic acids is 2. The van der Waals surface area contributed by atoms with Crippen molar-refractivity contribution < 1.29 is 9.59 Å². The van der Waals surface area contributed by atoms with Crippen LogP contribution < -0.4 is 10.6 Å². The Labute approximate surface area is 137 Å². The first-order valence-electron chi connectivity index (χ1n) is 8.09. The van der Waals surface area contributed by atoms with Gasteiger partial charge in [-0.2, -0.15) is 0 Å². The summed E-state index contributed by atoms with van der Waals surface area (Å²) in [5.74, 6) is 0.00809. The second-order valence-electron chi connectivity index (χ2n) is 7.20. The van der Waals surface area contributed by atoms with Crippen LogP contribution in [-0.4, -0.2) is 47.5 Å². The quantitative estimate of drug-likeness (QED) is 0.895. The predicted octanol–water partition coefficient (Wildman–Crippen LogP) is 2.03. The molecule has 0 unspecified atom stereocenters. The highest BCUT2D eigenvalue weighted by atomic mass is 16.2. The molecule has 1 saturated heterocycles. The Hall–Kier alpha value is -2.11. The number of piperidine rings is 1. The van der Waals surface area contributed by atoms with E-state index < -0.39 is 0 Å². The van der Waals surface area contributed by atoms with Gasteiger partial charge in [-0.25, -0.2) is 4.79 Å². The van der Waals surface area contributed by atoms with Crippen molar-refractivity contribution in [3.8, 4) is 0 Å². The van der Waals surface area contributed by atoms with Crippen molar-refractivity contribution in [1.29, 1.82) is 0 Å². The maximum absolute atomic E-state index is 12.3. The SMILES string of the molecule is CC(C)(C)CNC(=O)NC1CCN(C(=O)c2cccnc2)CC1. The van der Waals surface area contributed by atoms with E-state index in [1.165, 1.54) is 0 Å². The van der Waals surface area contributed by atoms with Gasteiger partial charge in [0.1, 0.15) is 0 Å². The van der Waals surface area contributed by atoms with Crippen molar-refractivity contribution in [2.45, 2.75) is 39.7 Å². The molecule has 1 fully saturated rings. The molecule has 0 radical (unpaired) electrons. The van der Waals surface area contributed by atoms with Gasteiger partial charge >= 0.3 is 6.03 Å². The van der Waals surface area contributed by atoms with Gasteiger partial charge in [-0.3, -0.25) is 9.78 Å². The standard InChI is InChI=1S/C17H26N4O2/c1-17(2,3)12-19-16(23)20-14-6-9-21(10-7-14)15(22)13-5-4-8-18-11-13/h4-5,8,11,14H,6-7,9-10,12H2,1-3H3,(H2,19,20,23). The molecule has 0 atom stereocenters. The maximum Gasteiger partial charge on any atom is 0.315 e. The third-order valence-electron chi connectivity index (χ3n) is 3.81. The summed E-state index contributed by atoms with van der Waals surface area (Å²) in [4.78, 5) is 30.0. The molecule has 0 spiro atoms. The molecule has 2 rings (SSSR count). The number of hydrogen-bond acceptors (Lipinski definition) is 3. The summed E-state index contributed by atoms with van der Waals surface area (Å²) >= 11 is 0. The van der Waals surface area contributed by atoms with Gasteiger partial charge in [-0.1, -0.05) is 20.8 Å². The topological polar surface area (TPSA) is 74.3 Å². The molecular formula is C17H26N4O2. The van der Waals surface area contributed by atoms with Crippen LogP contribution in [0.15, 0.2) is 24.5 Å². The van der Waals surface area contributed by atoms with E-state index in [0.717, 1.165) is 12.8 Å². The number of amides is 3. The summed E-state index contributed by atoms with van der Waals surface area (Å²) in [5, 5.41) is 5.88. The lowest BCUT2D eigenvalue weighted by atomic mass is 9.97. The van der Waals surface area contributed by atoms with Crippen LogP contribution in [0.5, 0.6) is 0 Å². The lowest BCUT2D eigenvalue weighted by Gasteiger charge is -2.32. The van der Waals surface area contributed by atoms with Crippen LogP contribution in [0.25, 0.3) is 0 Å². The normalized spacial score (nSPS) is 16.0. The largest absolute Gasteiger partial charge is 0.338 e. The van der Waals surface area contributed by atoms with E-state index in [9.17, 15) is 9.59 Å². The van der Waals surface area contributed by atoms with Crippen molar-refractivity contribution in [1.82, 2.24) is 20.5 Å². The van der Waals surface area contributed by atoms with Crippen LogP contribution >= 0.6 is 0 Å². The van der Waals surface area contributed by atoms with Gasteiger partial charge in [-0.05, 0) is 30.4 Å². The highest BCUT2D eigenvalue weighted by Crippen LogP contribution is 2.14. The number of pyridine rings is 1.